The Morgan fingerprint density at radius 2 is 1.89 bits per heavy atom. The standard InChI is InChI=1S/C26H32N6O3/c27-25(33)20-5-8-30(18-6-11-35-12-7-18)16-21(20)23-14-19-15-31(9-10-32(19)29-23)26(34)24-13-17-3-1-2-4-22(17)28-24/h1-4,13-14,18,20-21,28H,5-12,15-16H2,(H2,27,33). The van der Waals surface area contributed by atoms with Gasteiger partial charge in [-0.2, -0.15) is 5.10 Å². The number of aromatic amines is 1. The van der Waals surface area contributed by atoms with Crippen molar-refractivity contribution in [3.8, 4) is 0 Å². The molecule has 0 aliphatic carbocycles. The normalized spacial score (nSPS) is 23.9. The molecule has 0 radical (unpaired) electrons. The SMILES string of the molecule is NC(=O)C1CCN(C2CCOCC2)CC1c1cc2n(n1)CCN(C(=O)c1cc3ccccc3[nH]1)C2. The predicted octanol–water partition coefficient (Wildman–Crippen LogP) is 2.09. The molecule has 3 N–H and O–H groups in total. The van der Waals surface area contributed by atoms with E-state index in [2.05, 4.69) is 16.0 Å². The Morgan fingerprint density at radius 3 is 2.69 bits per heavy atom. The van der Waals surface area contributed by atoms with Crippen LogP contribution >= 0.6 is 0 Å². The summed E-state index contributed by atoms with van der Waals surface area (Å²) in [5, 5.41) is 5.93. The first kappa shape index (κ1) is 22.3. The topological polar surface area (TPSA) is 109 Å². The minimum atomic E-state index is -0.247. The highest BCUT2D eigenvalue weighted by Gasteiger charge is 2.38. The van der Waals surface area contributed by atoms with E-state index in [-0.39, 0.29) is 23.7 Å². The van der Waals surface area contributed by atoms with E-state index in [9.17, 15) is 9.59 Å². The third kappa shape index (κ3) is 4.23. The van der Waals surface area contributed by atoms with Crippen LogP contribution in [0.15, 0.2) is 36.4 Å². The molecule has 2 atom stereocenters. The zero-order valence-corrected chi connectivity index (χ0v) is 19.9. The minimum Gasteiger partial charge on any atom is -0.381 e. The van der Waals surface area contributed by atoms with E-state index in [0.29, 0.717) is 31.4 Å². The summed E-state index contributed by atoms with van der Waals surface area (Å²) in [6.07, 6.45) is 2.81. The maximum Gasteiger partial charge on any atom is 0.270 e. The number of amides is 2. The van der Waals surface area contributed by atoms with Crippen molar-refractivity contribution in [1.82, 2.24) is 24.6 Å². The fourth-order valence-electron chi connectivity index (χ4n) is 6.00. The van der Waals surface area contributed by atoms with E-state index in [1.54, 1.807) is 0 Å². The third-order valence-electron chi connectivity index (χ3n) is 7.96. The summed E-state index contributed by atoms with van der Waals surface area (Å²) in [7, 11) is 0. The maximum atomic E-state index is 13.2. The number of hydrogen-bond donors (Lipinski definition) is 2. The zero-order valence-electron chi connectivity index (χ0n) is 19.9. The molecule has 6 rings (SSSR count). The van der Waals surface area contributed by atoms with E-state index in [1.807, 2.05) is 39.9 Å². The second-order valence-electron chi connectivity index (χ2n) is 10.0. The highest BCUT2D eigenvalue weighted by Crippen LogP contribution is 2.35. The molecule has 2 fully saturated rings. The number of nitrogens with one attached hydrogen (secondary N) is 1. The van der Waals surface area contributed by atoms with Crippen LogP contribution in [-0.4, -0.2) is 75.3 Å². The number of nitrogens with zero attached hydrogens (tertiary/aromatic N) is 4. The van der Waals surface area contributed by atoms with Crippen molar-refractivity contribution in [2.75, 3.05) is 32.8 Å². The van der Waals surface area contributed by atoms with Crippen LogP contribution in [0.3, 0.4) is 0 Å². The number of carbonyl (C=O) groups is 2. The second-order valence-corrected chi connectivity index (χ2v) is 10.0. The van der Waals surface area contributed by atoms with Crippen LogP contribution in [0.25, 0.3) is 10.9 Å². The molecule has 3 aliphatic heterocycles. The quantitative estimate of drug-likeness (QED) is 0.599. The first-order chi connectivity index (χ1) is 17.1. The molecule has 2 saturated heterocycles. The Hall–Kier alpha value is -3.17. The molecule has 2 aromatic heterocycles. The summed E-state index contributed by atoms with van der Waals surface area (Å²) in [5.74, 6) is -0.496. The van der Waals surface area contributed by atoms with Crippen LogP contribution in [0.4, 0.5) is 0 Å². The molecule has 0 spiro atoms. The Kier molecular flexibility index (Phi) is 5.82. The van der Waals surface area contributed by atoms with E-state index in [4.69, 9.17) is 15.6 Å². The summed E-state index contributed by atoms with van der Waals surface area (Å²) in [6.45, 7) is 4.99. The van der Waals surface area contributed by atoms with Crippen LogP contribution in [0.5, 0.6) is 0 Å². The van der Waals surface area contributed by atoms with Crippen molar-refractivity contribution in [1.29, 1.82) is 0 Å². The van der Waals surface area contributed by atoms with Crippen molar-refractivity contribution >= 4 is 22.7 Å². The number of piperidine rings is 1. The molecule has 184 valence electrons. The molecule has 1 aromatic carbocycles. The van der Waals surface area contributed by atoms with Crippen LogP contribution in [-0.2, 0) is 22.6 Å². The van der Waals surface area contributed by atoms with E-state index >= 15 is 0 Å². The van der Waals surface area contributed by atoms with Gasteiger partial charge < -0.3 is 20.4 Å². The summed E-state index contributed by atoms with van der Waals surface area (Å²) >= 11 is 0. The minimum absolute atomic E-state index is 0.00595. The van der Waals surface area contributed by atoms with Crippen LogP contribution in [0.2, 0.25) is 0 Å². The maximum absolute atomic E-state index is 13.2. The fourth-order valence-corrected chi connectivity index (χ4v) is 6.00. The second kappa shape index (κ2) is 9.13. The highest BCUT2D eigenvalue weighted by molar-refractivity contribution is 5.98. The molecular formula is C26H32N6O3. The Morgan fingerprint density at radius 1 is 1.06 bits per heavy atom. The van der Waals surface area contributed by atoms with Gasteiger partial charge in [-0.25, -0.2) is 0 Å². The number of nitrogens with two attached hydrogens (primary N) is 1. The van der Waals surface area contributed by atoms with Crippen molar-refractivity contribution in [2.45, 2.75) is 44.3 Å². The van der Waals surface area contributed by atoms with Crippen LogP contribution < -0.4 is 5.73 Å². The molecule has 0 bridgehead atoms. The number of para-hydroxylation sites is 1. The van der Waals surface area contributed by atoms with Gasteiger partial charge in [0.15, 0.2) is 0 Å². The Bertz CT molecular complexity index is 1210. The van der Waals surface area contributed by atoms with Gasteiger partial charge in [-0.1, -0.05) is 18.2 Å². The van der Waals surface area contributed by atoms with Gasteiger partial charge in [-0.3, -0.25) is 19.2 Å². The molecule has 5 heterocycles. The first-order valence-corrected chi connectivity index (χ1v) is 12.6. The predicted molar refractivity (Wildman–Crippen MR) is 131 cm³/mol. The van der Waals surface area contributed by atoms with Gasteiger partial charge in [0.05, 0.1) is 24.5 Å². The molecule has 3 aromatic rings. The Labute approximate surface area is 204 Å². The number of likely N-dealkylation sites (tertiary alicyclic amines) is 1. The van der Waals surface area contributed by atoms with Crippen molar-refractivity contribution < 1.29 is 14.3 Å². The van der Waals surface area contributed by atoms with Gasteiger partial charge in [0.25, 0.3) is 5.91 Å². The largest absolute Gasteiger partial charge is 0.381 e. The number of H-pyrrole nitrogens is 1. The molecule has 9 heteroatoms. The number of ether oxygens (including phenoxy) is 1. The lowest BCUT2D eigenvalue weighted by Crippen LogP contribution is -2.49. The summed E-state index contributed by atoms with van der Waals surface area (Å²) in [5.41, 5.74) is 9.32. The average Bonchev–Trinajstić information content (AvgIpc) is 3.52. The van der Waals surface area contributed by atoms with Gasteiger partial charge in [0, 0.05) is 55.1 Å². The summed E-state index contributed by atoms with van der Waals surface area (Å²) < 4.78 is 7.54. The zero-order chi connectivity index (χ0) is 23.9. The van der Waals surface area contributed by atoms with Gasteiger partial charge >= 0.3 is 0 Å². The number of fused-ring (bicyclic) bond motifs is 2. The summed E-state index contributed by atoms with van der Waals surface area (Å²) in [4.78, 5) is 33.2. The lowest BCUT2D eigenvalue weighted by molar-refractivity contribution is -0.124. The monoisotopic (exact) mass is 476 g/mol. The number of aromatic nitrogens is 3. The van der Waals surface area contributed by atoms with Gasteiger partial charge in [0.1, 0.15) is 5.69 Å². The third-order valence-corrected chi connectivity index (χ3v) is 7.96. The van der Waals surface area contributed by atoms with Crippen LogP contribution in [0, 0.1) is 5.92 Å². The average molecular weight is 477 g/mol. The van der Waals surface area contributed by atoms with Crippen molar-refractivity contribution in [3.63, 3.8) is 0 Å². The molecule has 2 unspecified atom stereocenters. The van der Waals surface area contributed by atoms with Gasteiger partial charge in [-0.05, 0) is 44.0 Å². The lowest BCUT2D eigenvalue weighted by atomic mass is 9.81. The van der Waals surface area contributed by atoms with Gasteiger partial charge in [0.2, 0.25) is 5.91 Å². The molecular weight excluding hydrogens is 444 g/mol. The number of primary amides is 1. The number of benzene rings is 1. The molecule has 0 saturated carbocycles. The first-order valence-electron chi connectivity index (χ1n) is 12.6. The number of carbonyl (C=O) groups excluding carboxylic acids is 2. The molecule has 2 amide bonds. The fraction of sp³-hybridized carbons (Fsp3) is 0.500. The molecule has 9 nitrogen and oxygen atoms in total. The lowest BCUT2D eigenvalue weighted by Gasteiger charge is -2.42. The van der Waals surface area contributed by atoms with E-state index < -0.39 is 0 Å². The van der Waals surface area contributed by atoms with Crippen LogP contribution in [0.1, 0.15) is 47.1 Å². The number of hydrogen-bond acceptors (Lipinski definition) is 5. The van der Waals surface area contributed by atoms with E-state index in [1.165, 1.54) is 0 Å². The number of rotatable bonds is 4. The van der Waals surface area contributed by atoms with Gasteiger partial charge in [-0.15, -0.1) is 0 Å². The smallest absolute Gasteiger partial charge is 0.270 e. The summed E-state index contributed by atoms with van der Waals surface area (Å²) in [6, 6.07) is 12.4. The van der Waals surface area contributed by atoms with Crippen molar-refractivity contribution in [2.24, 2.45) is 11.7 Å². The Balaban J connectivity index is 1.21. The van der Waals surface area contributed by atoms with E-state index in [0.717, 1.165) is 67.9 Å². The van der Waals surface area contributed by atoms with Crippen molar-refractivity contribution in [3.05, 3.63) is 53.5 Å². The highest BCUT2D eigenvalue weighted by atomic mass is 16.5. The molecule has 3 aliphatic rings. The molecule has 35 heavy (non-hydrogen) atoms.